The van der Waals surface area contributed by atoms with Gasteiger partial charge in [0.25, 0.3) is 0 Å². The fourth-order valence-corrected chi connectivity index (χ4v) is 8.45. The van der Waals surface area contributed by atoms with Crippen molar-refractivity contribution >= 4 is 16.9 Å². The number of aliphatic hydroxyl groups is 4. The fourth-order valence-electron chi connectivity index (χ4n) is 8.45. The molecule has 1 aromatic carbocycles. The molecule has 1 spiro atoms. The monoisotopic (exact) mass is 508 g/mol. The summed E-state index contributed by atoms with van der Waals surface area (Å²) < 4.78 is 7.51. The lowest BCUT2D eigenvalue weighted by Crippen LogP contribution is -2.66. The van der Waals surface area contributed by atoms with Crippen molar-refractivity contribution in [3.63, 3.8) is 0 Å². The Morgan fingerprint density at radius 3 is 2.65 bits per heavy atom. The Hall–Kier alpha value is -2.52. The number of esters is 1. The molecular formula is C29H36N2O6. The number of rotatable bonds is 3. The van der Waals surface area contributed by atoms with Crippen LogP contribution in [0.4, 0.5) is 0 Å². The smallest absolute Gasteiger partial charge is 0.357 e. The van der Waals surface area contributed by atoms with Gasteiger partial charge in [0.2, 0.25) is 0 Å². The molecule has 8 heteroatoms. The van der Waals surface area contributed by atoms with Gasteiger partial charge in [0.1, 0.15) is 11.7 Å². The number of benzene rings is 1. The van der Waals surface area contributed by atoms with E-state index in [9.17, 15) is 25.2 Å². The minimum atomic E-state index is -2.07. The molecule has 37 heavy (non-hydrogen) atoms. The molecule has 0 radical (unpaired) electrons. The molecular weight excluding hydrogens is 472 g/mol. The van der Waals surface area contributed by atoms with Gasteiger partial charge in [-0.25, -0.2) is 4.79 Å². The number of hydrogen-bond acceptors (Lipinski definition) is 7. The van der Waals surface area contributed by atoms with Crippen LogP contribution in [-0.4, -0.2) is 66.7 Å². The number of carbonyl (C=O) groups excluding carboxylic acids is 1. The maximum absolute atomic E-state index is 13.6. The lowest BCUT2D eigenvalue weighted by Gasteiger charge is -2.52. The molecule has 0 amide bonds. The van der Waals surface area contributed by atoms with E-state index in [1.807, 2.05) is 25.1 Å². The molecule has 9 atom stereocenters. The summed E-state index contributed by atoms with van der Waals surface area (Å²) in [6.45, 7) is 7.68. The highest BCUT2D eigenvalue weighted by Gasteiger charge is 2.76. The standard InChI is InChI=1S/C29H36N2O6/c1-14-12-28-15(2)10-19-21(27(19,3)4)18(24(28)34)11-16(13-32)23(33)29(28,36)25(14)37-26(35)22-17-8-6-7-9-20(17)30-31(22)5/h6-9,11-12,15,18-19,21,23-25,32-34,36H,10,13H2,1-5H3/t15-,18+,19-,21+,23-,24?,25+,28+,29+/m1/s1. The van der Waals surface area contributed by atoms with Gasteiger partial charge in [0.15, 0.2) is 11.8 Å². The van der Waals surface area contributed by atoms with Crippen LogP contribution in [0.1, 0.15) is 44.6 Å². The van der Waals surface area contributed by atoms with Crippen LogP contribution >= 0.6 is 0 Å². The molecule has 8 nitrogen and oxygen atoms in total. The molecule has 4 aliphatic rings. The summed E-state index contributed by atoms with van der Waals surface area (Å²) in [5, 5.41) is 51.7. The molecule has 4 N–H and O–H groups in total. The van der Waals surface area contributed by atoms with Crippen LogP contribution in [0, 0.1) is 34.5 Å². The molecule has 6 rings (SSSR count). The van der Waals surface area contributed by atoms with E-state index in [1.165, 1.54) is 4.68 Å². The number of nitrogens with zero attached hydrogens (tertiary/aromatic N) is 2. The summed E-state index contributed by atoms with van der Waals surface area (Å²) in [6, 6.07) is 7.24. The first kappa shape index (κ1) is 24.8. The van der Waals surface area contributed by atoms with Crippen LogP contribution in [0.15, 0.2) is 47.6 Å². The molecule has 2 bridgehead atoms. The highest BCUT2D eigenvalue weighted by Crippen LogP contribution is 2.72. The Kier molecular flexibility index (Phi) is 5.20. The van der Waals surface area contributed by atoms with Gasteiger partial charge in [-0.15, -0.1) is 0 Å². The Morgan fingerprint density at radius 1 is 1.24 bits per heavy atom. The van der Waals surface area contributed by atoms with E-state index in [-0.39, 0.29) is 34.4 Å². The van der Waals surface area contributed by atoms with Crippen molar-refractivity contribution in [2.75, 3.05) is 6.61 Å². The van der Waals surface area contributed by atoms with Gasteiger partial charge in [-0.05, 0) is 53.7 Å². The van der Waals surface area contributed by atoms with E-state index in [2.05, 4.69) is 18.9 Å². The fraction of sp³-hybridized carbons (Fsp3) is 0.586. The van der Waals surface area contributed by atoms with Crippen molar-refractivity contribution in [1.82, 2.24) is 9.78 Å². The molecule has 4 aliphatic carbocycles. The van der Waals surface area contributed by atoms with Crippen LogP contribution in [0.5, 0.6) is 0 Å². The van der Waals surface area contributed by atoms with E-state index in [0.29, 0.717) is 22.4 Å². The molecule has 0 saturated heterocycles. The minimum absolute atomic E-state index is 0.00973. The second-order valence-electron chi connectivity index (χ2n) is 12.3. The van der Waals surface area contributed by atoms with Crippen molar-refractivity contribution in [2.45, 2.75) is 58.0 Å². The third-order valence-corrected chi connectivity index (χ3v) is 10.3. The highest BCUT2D eigenvalue weighted by molar-refractivity contribution is 6.02. The molecule has 2 aromatic rings. The highest BCUT2D eigenvalue weighted by atomic mass is 16.6. The largest absolute Gasteiger partial charge is 0.450 e. The van der Waals surface area contributed by atoms with Gasteiger partial charge in [0.05, 0.1) is 23.6 Å². The van der Waals surface area contributed by atoms with Gasteiger partial charge in [-0.2, -0.15) is 5.10 Å². The lowest BCUT2D eigenvalue weighted by molar-refractivity contribution is -0.215. The van der Waals surface area contributed by atoms with Gasteiger partial charge >= 0.3 is 5.97 Å². The van der Waals surface area contributed by atoms with E-state index >= 15 is 0 Å². The van der Waals surface area contributed by atoms with Crippen molar-refractivity contribution < 1.29 is 30.0 Å². The number of aryl methyl sites for hydroxylation is 1. The normalized spacial score (nSPS) is 41.7. The SMILES string of the molecule is CC1=C[C@]23C(O)[C@@H](C=C(CO)[C@@H](O)[C@]2(O)[C@H]1OC(=O)c1c2ccccc2nn1C)[C@H]1[C@@H](C[C@H]3C)C1(C)C. The zero-order valence-electron chi connectivity index (χ0n) is 21.9. The minimum Gasteiger partial charge on any atom is -0.450 e. The predicted molar refractivity (Wildman–Crippen MR) is 136 cm³/mol. The molecule has 1 unspecified atom stereocenters. The molecule has 0 aliphatic heterocycles. The van der Waals surface area contributed by atoms with Crippen molar-refractivity contribution in [3.8, 4) is 0 Å². The Labute approximate surface area is 216 Å². The zero-order valence-corrected chi connectivity index (χ0v) is 21.9. The van der Waals surface area contributed by atoms with Gasteiger partial charge in [-0.3, -0.25) is 4.68 Å². The summed E-state index contributed by atoms with van der Waals surface area (Å²) in [5.41, 5.74) is -1.62. The van der Waals surface area contributed by atoms with E-state index in [1.54, 1.807) is 32.2 Å². The number of ether oxygens (including phenoxy) is 1. The summed E-state index contributed by atoms with van der Waals surface area (Å²) in [5.74, 6) is -0.745. The first-order chi connectivity index (χ1) is 17.4. The van der Waals surface area contributed by atoms with Crippen molar-refractivity contribution in [3.05, 3.63) is 53.3 Å². The van der Waals surface area contributed by atoms with Crippen LogP contribution in [0.3, 0.4) is 0 Å². The van der Waals surface area contributed by atoms with E-state index in [0.717, 1.165) is 6.42 Å². The number of fused-ring (bicyclic) bond motifs is 4. The van der Waals surface area contributed by atoms with Crippen LogP contribution in [-0.2, 0) is 11.8 Å². The summed E-state index contributed by atoms with van der Waals surface area (Å²) in [4.78, 5) is 13.6. The van der Waals surface area contributed by atoms with Gasteiger partial charge < -0.3 is 25.2 Å². The van der Waals surface area contributed by atoms with Crippen LogP contribution in [0.25, 0.3) is 10.9 Å². The third-order valence-electron chi connectivity index (χ3n) is 10.3. The molecule has 1 aromatic heterocycles. The Morgan fingerprint density at radius 2 is 1.95 bits per heavy atom. The third kappa shape index (κ3) is 2.93. The summed E-state index contributed by atoms with van der Waals surface area (Å²) >= 11 is 0. The average molecular weight is 509 g/mol. The Balaban J connectivity index is 1.47. The van der Waals surface area contributed by atoms with E-state index in [4.69, 9.17) is 4.74 Å². The molecule has 2 fully saturated rings. The zero-order chi connectivity index (χ0) is 26.7. The predicted octanol–water partition coefficient (Wildman–Crippen LogP) is 2.36. The maximum atomic E-state index is 13.6. The second kappa shape index (κ2) is 7.76. The maximum Gasteiger partial charge on any atom is 0.357 e. The quantitative estimate of drug-likeness (QED) is 0.371. The number of carbonyl (C=O) groups is 1. The molecule has 1 heterocycles. The topological polar surface area (TPSA) is 125 Å². The molecule has 198 valence electrons. The van der Waals surface area contributed by atoms with Gasteiger partial charge in [0, 0.05) is 18.4 Å². The van der Waals surface area contributed by atoms with Gasteiger partial charge in [-0.1, -0.05) is 51.1 Å². The van der Waals surface area contributed by atoms with Crippen LogP contribution < -0.4 is 0 Å². The summed E-state index contributed by atoms with van der Waals surface area (Å²) in [6.07, 6.45) is 0.585. The lowest BCUT2D eigenvalue weighted by atomic mass is 9.58. The average Bonchev–Trinajstić information content (AvgIpc) is 3.14. The number of hydrogen-bond donors (Lipinski definition) is 4. The van der Waals surface area contributed by atoms with Crippen molar-refractivity contribution in [2.24, 2.45) is 41.5 Å². The van der Waals surface area contributed by atoms with E-state index < -0.39 is 41.9 Å². The number of aliphatic hydroxyl groups excluding tert-OH is 3. The van der Waals surface area contributed by atoms with Crippen LogP contribution in [0.2, 0.25) is 0 Å². The second-order valence-corrected chi connectivity index (χ2v) is 12.3. The first-order valence-electron chi connectivity index (χ1n) is 13.1. The Bertz CT molecular complexity index is 1360. The number of aromatic nitrogens is 2. The van der Waals surface area contributed by atoms with Crippen molar-refractivity contribution in [1.29, 1.82) is 0 Å². The first-order valence-corrected chi connectivity index (χ1v) is 13.1. The summed E-state index contributed by atoms with van der Waals surface area (Å²) in [7, 11) is 1.66. The molecule has 2 saturated carbocycles.